The number of carbonyl (C=O) groups excluding carboxylic acids is 1. The van der Waals surface area contributed by atoms with E-state index in [0.29, 0.717) is 32.9 Å². The zero-order valence-corrected chi connectivity index (χ0v) is 17.0. The molecule has 0 aliphatic rings. The number of benzene rings is 1. The summed E-state index contributed by atoms with van der Waals surface area (Å²) in [5, 5.41) is 20.8. The molecule has 0 saturated heterocycles. The molecule has 29 heavy (non-hydrogen) atoms. The fraction of sp³-hybridized carbons (Fsp3) is 0.222. The number of amides is 1. The van der Waals surface area contributed by atoms with Crippen LogP contribution in [0.15, 0.2) is 30.5 Å². The van der Waals surface area contributed by atoms with Crippen molar-refractivity contribution in [3.63, 3.8) is 0 Å². The van der Waals surface area contributed by atoms with E-state index in [9.17, 15) is 9.59 Å². The molecule has 9 nitrogen and oxygen atoms in total. The molecule has 0 aliphatic carbocycles. The summed E-state index contributed by atoms with van der Waals surface area (Å²) in [4.78, 5) is 23.5. The lowest BCUT2D eigenvalue weighted by molar-refractivity contribution is -0.137. The standard InChI is InChI=1S/C18H17Cl2N5O4/c1-10-17(22-18(28)14-5-6-21-24(14)8-16(26)27)11(2)25(23-10)9-29-15-4-3-12(19)7-13(15)20/h3-7H,8-9H2,1-2H3,(H,22,28)(H,26,27). The van der Waals surface area contributed by atoms with E-state index in [1.807, 2.05) is 0 Å². The first-order chi connectivity index (χ1) is 13.8. The third-order valence-electron chi connectivity index (χ3n) is 4.09. The Labute approximate surface area is 175 Å². The molecule has 0 aliphatic heterocycles. The van der Waals surface area contributed by atoms with E-state index in [4.69, 9.17) is 33.0 Å². The summed E-state index contributed by atoms with van der Waals surface area (Å²) < 4.78 is 8.37. The van der Waals surface area contributed by atoms with Gasteiger partial charge in [-0.2, -0.15) is 10.2 Å². The van der Waals surface area contributed by atoms with Crippen LogP contribution in [0.4, 0.5) is 5.69 Å². The largest absolute Gasteiger partial charge is 0.480 e. The van der Waals surface area contributed by atoms with E-state index in [2.05, 4.69) is 15.5 Å². The van der Waals surface area contributed by atoms with E-state index >= 15 is 0 Å². The first-order valence-corrected chi connectivity index (χ1v) is 9.18. The molecule has 152 valence electrons. The van der Waals surface area contributed by atoms with Gasteiger partial charge in [-0.15, -0.1) is 0 Å². The number of ether oxygens (including phenoxy) is 1. The van der Waals surface area contributed by atoms with Crippen molar-refractivity contribution < 1.29 is 19.4 Å². The molecule has 0 unspecified atom stereocenters. The zero-order valence-electron chi connectivity index (χ0n) is 15.5. The van der Waals surface area contributed by atoms with Gasteiger partial charge in [-0.05, 0) is 38.1 Å². The highest BCUT2D eigenvalue weighted by atomic mass is 35.5. The van der Waals surface area contributed by atoms with Crippen LogP contribution in [-0.2, 0) is 18.1 Å². The second-order valence-electron chi connectivity index (χ2n) is 6.12. The number of hydrogen-bond donors (Lipinski definition) is 2. The molecule has 2 heterocycles. The second-order valence-corrected chi connectivity index (χ2v) is 6.96. The Bertz CT molecular complexity index is 1080. The number of carboxylic acids is 1. The average molecular weight is 438 g/mol. The monoisotopic (exact) mass is 437 g/mol. The van der Waals surface area contributed by atoms with Crippen LogP contribution >= 0.6 is 23.2 Å². The van der Waals surface area contributed by atoms with Crippen molar-refractivity contribution in [3.8, 4) is 5.75 Å². The van der Waals surface area contributed by atoms with Crippen LogP contribution in [0.1, 0.15) is 21.9 Å². The molecular formula is C18H17Cl2N5O4. The highest BCUT2D eigenvalue weighted by Crippen LogP contribution is 2.28. The van der Waals surface area contributed by atoms with Gasteiger partial charge in [0.25, 0.3) is 5.91 Å². The summed E-state index contributed by atoms with van der Waals surface area (Å²) >= 11 is 12.0. The quantitative estimate of drug-likeness (QED) is 0.585. The number of rotatable bonds is 7. The van der Waals surface area contributed by atoms with Gasteiger partial charge in [0, 0.05) is 11.2 Å². The van der Waals surface area contributed by atoms with Crippen LogP contribution in [0.3, 0.4) is 0 Å². The number of aryl methyl sites for hydroxylation is 1. The molecule has 0 radical (unpaired) electrons. The van der Waals surface area contributed by atoms with Gasteiger partial charge in [-0.3, -0.25) is 9.59 Å². The van der Waals surface area contributed by atoms with E-state index < -0.39 is 18.4 Å². The first-order valence-electron chi connectivity index (χ1n) is 8.43. The molecule has 11 heteroatoms. The van der Waals surface area contributed by atoms with E-state index in [-0.39, 0.29) is 12.4 Å². The lowest BCUT2D eigenvalue weighted by Crippen LogP contribution is -2.21. The van der Waals surface area contributed by atoms with E-state index in [1.165, 1.54) is 12.3 Å². The smallest absolute Gasteiger partial charge is 0.325 e. The Morgan fingerprint density at radius 3 is 2.66 bits per heavy atom. The number of carbonyl (C=O) groups is 2. The van der Waals surface area contributed by atoms with Gasteiger partial charge < -0.3 is 15.2 Å². The summed E-state index contributed by atoms with van der Waals surface area (Å²) in [6.45, 7) is 3.17. The molecule has 0 atom stereocenters. The number of aliphatic carboxylic acids is 1. The Morgan fingerprint density at radius 2 is 1.97 bits per heavy atom. The lowest BCUT2D eigenvalue weighted by Gasteiger charge is -2.10. The third kappa shape index (κ3) is 4.69. The summed E-state index contributed by atoms with van der Waals surface area (Å²) in [6.07, 6.45) is 1.37. The topological polar surface area (TPSA) is 111 Å². The molecule has 1 aromatic carbocycles. The van der Waals surface area contributed by atoms with Gasteiger partial charge in [0.15, 0.2) is 6.73 Å². The summed E-state index contributed by atoms with van der Waals surface area (Å²) in [5.74, 6) is -1.14. The molecule has 2 N–H and O–H groups in total. The summed E-state index contributed by atoms with van der Waals surface area (Å²) in [7, 11) is 0. The molecule has 1 amide bonds. The third-order valence-corrected chi connectivity index (χ3v) is 4.62. The van der Waals surface area contributed by atoms with Crippen LogP contribution < -0.4 is 10.1 Å². The SMILES string of the molecule is Cc1nn(COc2ccc(Cl)cc2Cl)c(C)c1NC(=O)c1ccnn1CC(=O)O. The van der Waals surface area contributed by atoms with Crippen molar-refractivity contribution in [2.45, 2.75) is 27.1 Å². The first kappa shape index (κ1) is 20.7. The van der Waals surface area contributed by atoms with E-state index in [1.54, 1.807) is 36.7 Å². The van der Waals surface area contributed by atoms with Crippen molar-refractivity contribution in [2.24, 2.45) is 0 Å². The lowest BCUT2D eigenvalue weighted by atomic mass is 10.3. The molecular weight excluding hydrogens is 421 g/mol. The van der Waals surface area contributed by atoms with Crippen molar-refractivity contribution in [3.05, 3.63) is 57.6 Å². The highest BCUT2D eigenvalue weighted by molar-refractivity contribution is 6.35. The highest BCUT2D eigenvalue weighted by Gasteiger charge is 2.19. The van der Waals surface area contributed by atoms with Gasteiger partial charge in [-0.25, -0.2) is 9.36 Å². The predicted octanol–water partition coefficient (Wildman–Crippen LogP) is 3.38. The maximum atomic E-state index is 12.6. The van der Waals surface area contributed by atoms with Crippen LogP contribution in [0, 0.1) is 13.8 Å². The number of anilines is 1. The summed E-state index contributed by atoms with van der Waals surface area (Å²) in [5.41, 5.74) is 1.86. The number of halogens is 2. The van der Waals surface area contributed by atoms with Crippen LogP contribution in [0.25, 0.3) is 0 Å². The normalized spacial score (nSPS) is 10.8. The minimum atomic E-state index is -1.10. The molecule has 3 aromatic rings. The van der Waals surface area contributed by atoms with Crippen molar-refractivity contribution >= 4 is 40.8 Å². The number of carboxylic acid groups (broad SMARTS) is 1. The number of nitrogens with zero attached hydrogens (tertiary/aromatic N) is 4. The fourth-order valence-corrected chi connectivity index (χ4v) is 3.15. The van der Waals surface area contributed by atoms with Gasteiger partial charge in [0.05, 0.1) is 22.1 Å². The van der Waals surface area contributed by atoms with E-state index in [0.717, 1.165) is 4.68 Å². The van der Waals surface area contributed by atoms with Gasteiger partial charge in [0.2, 0.25) is 0 Å². The van der Waals surface area contributed by atoms with Crippen molar-refractivity contribution in [1.82, 2.24) is 19.6 Å². The Kier molecular flexibility index (Phi) is 6.09. The van der Waals surface area contributed by atoms with Crippen LogP contribution in [0.5, 0.6) is 5.75 Å². The van der Waals surface area contributed by atoms with Crippen molar-refractivity contribution in [1.29, 1.82) is 0 Å². The zero-order chi connectivity index (χ0) is 21.1. The molecule has 0 spiro atoms. The number of hydrogen-bond acceptors (Lipinski definition) is 5. The fourth-order valence-electron chi connectivity index (χ4n) is 2.68. The maximum absolute atomic E-state index is 12.6. The number of aromatic nitrogens is 4. The molecule has 0 saturated carbocycles. The van der Waals surface area contributed by atoms with Gasteiger partial charge in [0.1, 0.15) is 18.0 Å². The Morgan fingerprint density at radius 1 is 1.21 bits per heavy atom. The Hall–Kier alpha value is -3.04. The minimum Gasteiger partial charge on any atom is -0.480 e. The maximum Gasteiger partial charge on any atom is 0.325 e. The second kappa shape index (κ2) is 8.54. The molecule has 0 bridgehead atoms. The van der Waals surface area contributed by atoms with Crippen LogP contribution in [-0.4, -0.2) is 36.5 Å². The number of nitrogens with one attached hydrogen (secondary N) is 1. The molecule has 3 rings (SSSR count). The molecule has 0 fully saturated rings. The Balaban J connectivity index is 1.75. The average Bonchev–Trinajstić information content (AvgIpc) is 3.20. The van der Waals surface area contributed by atoms with Crippen molar-refractivity contribution in [2.75, 3.05) is 5.32 Å². The summed E-state index contributed by atoms with van der Waals surface area (Å²) in [6, 6.07) is 6.34. The van der Waals surface area contributed by atoms with Crippen LogP contribution in [0.2, 0.25) is 10.0 Å². The van der Waals surface area contributed by atoms with Gasteiger partial charge in [-0.1, -0.05) is 23.2 Å². The molecule has 2 aromatic heterocycles. The van der Waals surface area contributed by atoms with Gasteiger partial charge >= 0.3 is 5.97 Å². The predicted molar refractivity (Wildman–Crippen MR) is 107 cm³/mol. The minimum absolute atomic E-state index is 0.0703.